The van der Waals surface area contributed by atoms with E-state index in [1.54, 1.807) is 6.92 Å². The second-order valence-electron chi connectivity index (χ2n) is 5.67. The highest BCUT2D eigenvalue weighted by atomic mass is 35.5. The molecule has 0 atom stereocenters. The number of benzene rings is 1. The lowest BCUT2D eigenvalue weighted by Crippen LogP contribution is -2.25. The van der Waals surface area contributed by atoms with Crippen LogP contribution in [0.25, 0.3) is 5.69 Å². The van der Waals surface area contributed by atoms with Crippen LogP contribution in [-0.4, -0.2) is 26.6 Å². The van der Waals surface area contributed by atoms with E-state index in [9.17, 15) is 27.9 Å². The minimum absolute atomic E-state index is 0.0177. The van der Waals surface area contributed by atoms with Gasteiger partial charge in [-0.1, -0.05) is 18.5 Å². The third-order valence-electron chi connectivity index (χ3n) is 3.75. The third kappa shape index (κ3) is 4.09. The number of carbonyl (C=O) groups excluding carboxylic acids is 2. The average molecular weight is 428 g/mol. The highest BCUT2D eigenvalue weighted by Crippen LogP contribution is 2.34. The van der Waals surface area contributed by atoms with Crippen LogP contribution in [0.4, 0.5) is 19.1 Å². The molecule has 0 saturated carbocycles. The van der Waals surface area contributed by atoms with E-state index in [0.717, 1.165) is 0 Å². The van der Waals surface area contributed by atoms with E-state index in [4.69, 9.17) is 16.0 Å². The van der Waals surface area contributed by atoms with Crippen LogP contribution >= 0.6 is 11.6 Å². The number of carbonyl (C=O) groups is 2. The summed E-state index contributed by atoms with van der Waals surface area (Å²) in [7, 11) is 0. The Bertz CT molecular complexity index is 1070. The van der Waals surface area contributed by atoms with Gasteiger partial charge in [0.05, 0.1) is 23.4 Å². The molecule has 12 heteroatoms. The molecule has 0 spiro atoms. The van der Waals surface area contributed by atoms with E-state index in [0.29, 0.717) is 15.9 Å². The van der Waals surface area contributed by atoms with Crippen LogP contribution in [0.5, 0.6) is 0 Å². The topological polar surface area (TPSA) is 113 Å². The molecule has 0 fully saturated rings. The smallest absolute Gasteiger partial charge is 0.434 e. The average Bonchev–Trinajstić information content (AvgIpc) is 3.26. The predicted molar refractivity (Wildman–Crippen MR) is 91.7 cm³/mol. The second-order valence-corrected chi connectivity index (χ2v) is 6.11. The quantitative estimate of drug-likeness (QED) is 0.669. The van der Waals surface area contributed by atoms with Crippen molar-refractivity contribution in [1.29, 1.82) is 0 Å². The molecule has 3 rings (SSSR count). The van der Waals surface area contributed by atoms with Gasteiger partial charge in [-0.15, -0.1) is 0 Å². The molecule has 0 aliphatic carbocycles. The molecule has 0 unspecified atom stereocenters. The van der Waals surface area contributed by atoms with E-state index in [1.165, 1.54) is 24.3 Å². The fourth-order valence-corrected chi connectivity index (χ4v) is 2.60. The molecule has 152 valence electrons. The third-order valence-corrected chi connectivity index (χ3v) is 4.00. The van der Waals surface area contributed by atoms with Gasteiger partial charge in [-0.3, -0.25) is 10.1 Å². The molecule has 0 radical (unpaired) electrons. The number of amides is 1. The summed E-state index contributed by atoms with van der Waals surface area (Å²) in [5.41, 5.74) is -2.91. The zero-order valence-electron chi connectivity index (χ0n) is 14.6. The van der Waals surface area contributed by atoms with Gasteiger partial charge in [0.1, 0.15) is 5.69 Å². The van der Waals surface area contributed by atoms with Gasteiger partial charge >= 0.3 is 6.18 Å². The number of hydrogen-bond donors (Lipinski definition) is 1. The van der Waals surface area contributed by atoms with Crippen LogP contribution in [0.15, 0.2) is 34.9 Å². The molecule has 0 aliphatic rings. The van der Waals surface area contributed by atoms with Crippen molar-refractivity contribution in [3.8, 4) is 5.69 Å². The van der Waals surface area contributed by atoms with Gasteiger partial charge in [0.25, 0.3) is 5.91 Å². The molecule has 1 N–H and O–H groups in total. The molecular formula is C17H11ClF3N4O4-. The van der Waals surface area contributed by atoms with Crippen LogP contribution in [0.1, 0.15) is 39.4 Å². The highest BCUT2D eigenvalue weighted by molar-refractivity contribution is 6.30. The zero-order valence-corrected chi connectivity index (χ0v) is 15.3. The number of aromatic nitrogens is 3. The monoisotopic (exact) mass is 427 g/mol. The standard InChI is InChI=1S/C17H12ClF3N4O4/c1-2-11-23-12(16(27)28)15(29-11)24-14(26)10-7-22-25(13(10)17(19,20)21)9-5-3-8(18)4-6-9/h3-7H,2H2,1H3,(H,24,26)(H,27,28)/p-1. The Hall–Kier alpha value is -3.34. The first kappa shape index (κ1) is 20.4. The maximum Gasteiger partial charge on any atom is 0.434 e. The Morgan fingerprint density at radius 1 is 1.28 bits per heavy atom. The summed E-state index contributed by atoms with van der Waals surface area (Å²) in [5.74, 6) is -3.69. The number of halogens is 4. The minimum atomic E-state index is -4.95. The molecule has 2 heterocycles. The van der Waals surface area contributed by atoms with Crippen molar-refractivity contribution in [3.05, 3.63) is 58.3 Å². The number of hydrogen-bond acceptors (Lipinski definition) is 6. The van der Waals surface area contributed by atoms with Gasteiger partial charge < -0.3 is 14.3 Å². The summed E-state index contributed by atoms with van der Waals surface area (Å²) in [5, 5.41) is 17.1. The van der Waals surface area contributed by atoms with Gasteiger partial charge in [-0.25, -0.2) is 9.67 Å². The van der Waals surface area contributed by atoms with Gasteiger partial charge in [-0.2, -0.15) is 18.3 Å². The molecule has 3 aromatic rings. The first-order chi connectivity index (χ1) is 13.6. The van der Waals surface area contributed by atoms with Gasteiger partial charge in [0.15, 0.2) is 11.6 Å². The normalized spacial score (nSPS) is 11.5. The maximum atomic E-state index is 13.7. The van der Waals surface area contributed by atoms with Crippen molar-refractivity contribution < 1.29 is 32.3 Å². The van der Waals surface area contributed by atoms with Crippen LogP contribution < -0.4 is 10.4 Å². The number of aromatic carboxylic acids is 1. The lowest BCUT2D eigenvalue weighted by Gasteiger charge is -2.12. The maximum absolute atomic E-state index is 13.7. The molecule has 1 aromatic carbocycles. The van der Waals surface area contributed by atoms with Gasteiger partial charge in [0.2, 0.25) is 5.88 Å². The fraction of sp³-hybridized carbons (Fsp3) is 0.176. The number of oxazole rings is 1. The number of nitrogens with zero attached hydrogens (tertiary/aromatic N) is 3. The molecule has 0 aliphatic heterocycles. The first-order valence-corrected chi connectivity index (χ1v) is 8.43. The summed E-state index contributed by atoms with van der Waals surface area (Å²) >= 11 is 5.74. The molecule has 0 saturated heterocycles. The summed E-state index contributed by atoms with van der Waals surface area (Å²) in [6.07, 6.45) is -4.04. The summed E-state index contributed by atoms with van der Waals surface area (Å²) in [6, 6.07) is 5.33. The Kier molecular flexibility index (Phi) is 5.33. The number of anilines is 1. The molecular weight excluding hydrogens is 417 g/mol. The molecule has 1 amide bonds. The SMILES string of the molecule is CCc1nc(C(=O)[O-])c(NC(=O)c2cnn(-c3ccc(Cl)cc3)c2C(F)(F)F)o1. The largest absolute Gasteiger partial charge is 0.543 e. The Labute approximate surface area is 165 Å². The molecule has 2 aromatic heterocycles. The van der Waals surface area contributed by atoms with Gasteiger partial charge in [0, 0.05) is 11.4 Å². The molecule has 8 nitrogen and oxygen atoms in total. The van der Waals surface area contributed by atoms with Crippen LogP contribution in [0.2, 0.25) is 5.02 Å². The number of alkyl halides is 3. The molecule has 0 bridgehead atoms. The van der Waals surface area contributed by atoms with Crippen molar-refractivity contribution in [2.45, 2.75) is 19.5 Å². The Balaban J connectivity index is 2.03. The number of nitrogens with one attached hydrogen (secondary N) is 1. The van der Waals surface area contributed by atoms with E-state index < -0.39 is 40.9 Å². The highest BCUT2D eigenvalue weighted by Gasteiger charge is 2.41. The van der Waals surface area contributed by atoms with E-state index in [1.807, 2.05) is 5.32 Å². The van der Waals surface area contributed by atoms with Crippen LogP contribution in [-0.2, 0) is 12.6 Å². The summed E-state index contributed by atoms with van der Waals surface area (Å²) in [6.45, 7) is 1.61. The Morgan fingerprint density at radius 2 is 1.93 bits per heavy atom. The van der Waals surface area contributed by atoms with Crippen molar-refractivity contribution in [2.75, 3.05) is 5.32 Å². The number of carboxylic acid groups (broad SMARTS) is 1. The zero-order chi connectivity index (χ0) is 21.3. The lowest BCUT2D eigenvalue weighted by atomic mass is 10.2. The fourth-order valence-electron chi connectivity index (χ4n) is 2.47. The first-order valence-electron chi connectivity index (χ1n) is 8.05. The van der Waals surface area contributed by atoms with Crippen molar-refractivity contribution in [3.63, 3.8) is 0 Å². The second kappa shape index (κ2) is 7.59. The lowest BCUT2D eigenvalue weighted by molar-refractivity contribution is -0.255. The summed E-state index contributed by atoms with van der Waals surface area (Å²) < 4.78 is 46.6. The van der Waals surface area contributed by atoms with Crippen LogP contribution in [0.3, 0.4) is 0 Å². The van der Waals surface area contributed by atoms with Crippen LogP contribution in [0, 0.1) is 0 Å². The number of rotatable bonds is 5. The Morgan fingerprint density at radius 3 is 2.48 bits per heavy atom. The van der Waals surface area contributed by atoms with E-state index >= 15 is 0 Å². The summed E-state index contributed by atoms with van der Waals surface area (Å²) in [4.78, 5) is 27.2. The van der Waals surface area contributed by atoms with Crippen molar-refractivity contribution in [2.24, 2.45) is 0 Å². The number of aryl methyl sites for hydroxylation is 1. The number of carboxylic acids is 1. The van der Waals surface area contributed by atoms with Gasteiger partial charge in [-0.05, 0) is 24.3 Å². The predicted octanol–water partition coefficient (Wildman–Crippen LogP) is 2.71. The van der Waals surface area contributed by atoms with E-state index in [-0.39, 0.29) is 18.0 Å². The van der Waals surface area contributed by atoms with E-state index in [2.05, 4.69) is 10.1 Å². The van der Waals surface area contributed by atoms with Crippen molar-refractivity contribution >= 4 is 29.4 Å². The van der Waals surface area contributed by atoms with Crippen molar-refractivity contribution in [1.82, 2.24) is 14.8 Å². The molecule has 29 heavy (non-hydrogen) atoms. The minimum Gasteiger partial charge on any atom is -0.543 e.